The molecule has 18 aromatic rings. The Kier molecular flexibility index (Phi) is 33.8. The second-order valence-electron chi connectivity index (χ2n) is 31.8. The molecular weight excluding hydrogens is 1910 g/mol. The molecule has 2 atom stereocenters. The van der Waals surface area contributed by atoms with Crippen LogP contribution in [0.25, 0.3) is 55.4 Å². The van der Waals surface area contributed by atoms with E-state index in [1.54, 1.807) is 76.8 Å². The Morgan fingerprint density at radius 3 is 1.23 bits per heavy atom. The van der Waals surface area contributed by atoms with Gasteiger partial charge < -0.3 is 91.5 Å². The number of benzene rings is 7. The van der Waals surface area contributed by atoms with E-state index < -0.39 is 5.82 Å². The Bertz CT molecular complexity index is 8320. The molecule has 2 aliphatic heterocycles. The molecule has 5 amide bonds. The number of likely N-dealkylation sites (tertiary alicyclic amines) is 2. The summed E-state index contributed by atoms with van der Waals surface area (Å²) in [5.74, 6) is 34.3. The van der Waals surface area contributed by atoms with Crippen LogP contribution in [-0.2, 0) is 24.0 Å². The minimum Gasteiger partial charge on any atom is -0.493 e. The van der Waals surface area contributed by atoms with Gasteiger partial charge >= 0.3 is 0 Å². The zero-order valence-corrected chi connectivity index (χ0v) is 80.6. The molecule has 732 valence electrons. The summed E-state index contributed by atoms with van der Waals surface area (Å²) in [6.45, 7) is 20.2. The van der Waals surface area contributed by atoms with Crippen molar-refractivity contribution in [3.63, 3.8) is 0 Å². The van der Waals surface area contributed by atoms with E-state index in [2.05, 4.69) is 219 Å². The molecule has 0 radical (unpaired) electrons. The summed E-state index contributed by atoms with van der Waals surface area (Å²) in [4.78, 5) is 129. The van der Waals surface area contributed by atoms with Gasteiger partial charge in [0.2, 0.25) is 29.5 Å². The van der Waals surface area contributed by atoms with Gasteiger partial charge in [-0.15, -0.1) is 0 Å². The predicted molar refractivity (Wildman–Crippen MR) is 573 cm³/mol. The highest BCUT2D eigenvalue weighted by molar-refractivity contribution is 7.08. The van der Waals surface area contributed by atoms with Gasteiger partial charge in [0.25, 0.3) is 0 Å². The Hall–Kier alpha value is -20.3. The smallest absolute Gasteiger partial charge is 0.247 e. The zero-order chi connectivity index (χ0) is 103. The minimum atomic E-state index is -0.436. The lowest BCUT2D eigenvalue weighted by Gasteiger charge is -2.15. The van der Waals surface area contributed by atoms with Crippen LogP contribution in [0.5, 0.6) is 17.2 Å². The molecule has 0 saturated carbocycles. The first-order valence-corrected chi connectivity index (χ1v) is 46.9. The molecule has 2 fully saturated rings. The molecule has 13 heterocycles. The molecule has 0 bridgehead atoms. The topological polar surface area (TPSA) is 449 Å². The van der Waals surface area contributed by atoms with E-state index in [9.17, 15) is 28.4 Å². The number of amides is 5. The summed E-state index contributed by atoms with van der Waals surface area (Å²) < 4.78 is 29.8. The highest BCUT2D eigenvalue weighted by Crippen LogP contribution is 2.33. The maximum Gasteiger partial charge on any atom is 0.247 e. The lowest BCUT2D eigenvalue weighted by molar-refractivity contribution is -0.125. The van der Waals surface area contributed by atoms with E-state index in [4.69, 9.17) is 25.8 Å². The van der Waals surface area contributed by atoms with E-state index in [1.165, 1.54) is 68.1 Å². The van der Waals surface area contributed by atoms with E-state index in [0.717, 1.165) is 79.8 Å². The number of nitrogens with one attached hydrogen (secondary N) is 13. The number of thiophene rings is 1. The Balaban J connectivity index is 0.000000132. The molecular formula is C110H89ClFN27O8S. The van der Waals surface area contributed by atoms with Crippen LogP contribution in [0.2, 0.25) is 5.02 Å². The number of carbonyl (C=O) groups is 5. The maximum atomic E-state index is 13.5. The average Bonchev–Trinajstić information content (AvgIpc) is 1.66. The quantitative estimate of drug-likeness (QED) is 0.0209. The average molecular weight is 2000 g/mol. The number of methoxy groups -OCH3 is 1. The fraction of sp³-hybridized carbons (Fsp3) is 0.100. The van der Waals surface area contributed by atoms with Crippen LogP contribution in [0.1, 0.15) is 58.3 Å². The van der Waals surface area contributed by atoms with Gasteiger partial charge in [-0.2, -0.15) is 11.3 Å². The van der Waals surface area contributed by atoms with Crippen molar-refractivity contribution in [2.75, 3.05) is 89.0 Å². The standard InChI is InChI=1S/C23H16ClN5O.C23H17N5O.C22H22N6O3.C21H19FN6O2.C21H15N5OS/c1-2-21(30)27-17-4-3-5-18(12-17)28-22-20-13-19(29-23(20)26-14-25-22)11-8-15-6-9-16(24)10-7-15;1-2-21(29)26-17-9-6-10-18(13-17)27-22-20-14-19(28-23(20)25-15-24-22)12-11-16-7-4-3-5-8-16;1-3-19(29)28-11-10-15(13-28)25-21-20-22(24-14-23-21)27-18(26-20)9-6-12-31-17-8-5-4-7-16(17)30-2;1-2-18(29)28-10-9-14(12-28)25-20-19-21(24-13-23-20)27-17(26-19)8-5-11-30-16-7-4-3-6-15(16)22;1-2-19(27)24-15-4-3-5-16(10-15)25-20-18-11-17(26-21(18)23-13-22-20)7-6-14-8-9-28-12-14/h2-7,9-10,12-14H,1H2,(H,27,30)(H2,25,26,28,29);2-10,13-15H,1H2,(H,26,29)(H2,24,25,27,28);3-5,7-8,14-15H,1,10-13H2,2H3,(H2,23,24,25,26,27);2-4,6-7,13-14H,1,9-12H2,(H2,23,24,25,26,27);2-5,8-13H,1H2,(H,24,27)(H2,22,23,25,26)/t;;15-;14-;/m..11./s1. The van der Waals surface area contributed by atoms with Crippen molar-refractivity contribution in [1.82, 2.24) is 94.5 Å². The van der Waals surface area contributed by atoms with Crippen LogP contribution >= 0.6 is 22.9 Å². The molecule has 2 aliphatic rings. The molecule has 0 spiro atoms. The number of rotatable bonds is 23. The Labute approximate surface area is 855 Å². The SMILES string of the molecule is C=CC(=O)N1CC[C@@H](Nc2ncnc3nc(C#CCOc4ccccc4F)[nH]c23)C1.C=CC(=O)N1CC[C@@H](Nc2ncnc3nc(C#CCOc4ccccc4OC)[nH]c23)C1.C=CC(=O)Nc1cccc(Nc2ncnc3[nH]c(C#Cc4ccc(Cl)cc4)cc23)c1.C=CC(=O)Nc1cccc(Nc2ncnc3[nH]c(C#Cc4ccccc4)cc23)c1.C=CC(=O)Nc1cccc(Nc2ncnc3[nH]c(C#Cc4ccsc4)cc23)c1. The number of H-pyrrole nitrogens is 5. The monoisotopic (exact) mass is 2000 g/mol. The summed E-state index contributed by atoms with van der Waals surface area (Å²) in [6, 6.07) is 60.5. The highest BCUT2D eigenvalue weighted by atomic mass is 35.5. The molecule has 7 aromatic carbocycles. The third-order valence-electron chi connectivity index (χ3n) is 21.7. The van der Waals surface area contributed by atoms with Gasteiger partial charge in [-0.3, -0.25) is 24.0 Å². The van der Waals surface area contributed by atoms with Gasteiger partial charge in [0.05, 0.1) is 40.4 Å². The first-order chi connectivity index (χ1) is 72.3. The van der Waals surface area contributed by atoms with E-state index in [0.29, 0.717) is 140 Å². The number of hydrogen-bond acceptors (Lipinski definition) is 26. The number of hydrogen-bond donors (Lipinski definition) is 13. The molecule has 148 heavy (non-hydrogen) atoms. The Morgan fingerprint density at radius 2 is 0.811 bits per heavy atom. The molecule has 38 heteroatoms. The largest absolute Gasteiger partial charge is 0.493 e. The van der Waals surface area contributed by atoms with Crippen LogP contribution in [0.4, 0.5) is 67.6 Å². The van der Waals surface area contributed by atoms with Gasteiger partial charge in [0, 0.05) is 99.5 Å². The second-order valence-corrected chi connectivity index (χ2v) is 33.1. The van der Waals surface area contributed by atoms with Crippen LogP contribution in [0.15, 0.2) is 306 Å². The van der Waals surface area contributed by atoms with E-state index in [-0.39, 0.29) is 60.6 Å². The lowest BCUT2D eigenvalue weighted by Crippen LogP contribution is -2.30. The molecule has 2 saturated heterocycles. The van der Waals surface area contributed by atoms with Crippen LogP contribution < -0.4 is 56.7 Å². The molecule has 0 unspecified atom stereocenters. The fourth-order valence-corrected chi connectivity index (χ4v) is 15.4. The number of aromatic amines is 5. The van der Waals surface area contributed by atoms with Gasteiger partial charge in [-0.25, -0.2) is 64.2 Å². The number of nitrogens with zero attached hydrogens (tertiary/aromatic N) is 14. The number of halogens is 2. The Morgan fingerprint density at radius 1 is 0.419 bits per heavy atom. The van der Waals surface area contributed by atoms with Crippen molar-refractivity contribution in [2.24, 2.45) is 0 Å². The maximum absolute atomic E-state index is 13.5. The normalized spacial score (nSPS) is 12.3. The number of fused-ring (bicyclic) bond motifs is 5. The van der Waals surface area contributed by atoms with E-state index >= 15 is 0 Å². The second kappa shape index (κ2) is 49.7. The molecule has 20 rings (SSSR count). The number of imidazole rings is 2. The number of carbonyl (C=O) groups excluding carboxylic acids is 5. The summed E-state index contributed by atoms with van der Waals surface area (Å²) >= 11 is 7.52. The van der Waals surface area contributed by atoms with Crippen LogP contribution in [-0.4, -0.2) is 183 Å². The van der Waals surface area contributed by atoms with Crippen molar-refractivity contribution in [3.05, 3.63) is 362 Å². The van der Waals surface area contributed by atoms with Gasteiger partial charge in [0.15, 0.2) is 57.6 Å². The van der Waals surface area contributed by atoms with Crippen molar-refractivity contribution in [3.8, 4) is 76.5 Å². The fourth-order valence-electron chi connectivity index (χ4n) is 14.7. The molecule has 13 N–H and O–H groups in total. The van der Waals surface area contributed by atoms with Crippen LogP contribution in [0.3, 0.4) is 0 Å². The third kappa shape index (κ3) is 27.7. The molecule has 0 aliphatic carbocycles. The van der Waals surface area contributed by atoms with Crippen molar-refractivity contribution in [1.29, 1.82) is 0 Å². The third-order valence-corrected chi connectivity index (χ3v) is 22.6. The summed E-state index contributed by atoms with van der Waals surface area (Å²) in [5.41, 5.74) is 13.7. The summed E-state index contributed by atoms with van der Waals surface area (Å²) in [7, 11) is 1.59. The van der Waals surface area contributed by atoms with E-state index in [1.807, 2.05) is 156 Å². The highest BCUT2D eigenvalue weighted by Gasteiger charge is 2.28. The first-order valence-electron chi connectivity index (χ1n) is 45.5. The predicted octanol–water partition coefficient (Wildman–Crippen LogP) is 17.5. The van der Waals surface area contributed by atoms with Crippen molar-refractivity contribution < 1.29 is 42.6 Å². The zero-order valence-electron chi connectivity index (χ0n) is 79.0. The van der Waals surface area contributed by atoms with Crippen molar-refractivity contribution >= 4 is 171 Å². The minimum absolute atomic E-state index is 0.0179. The van der Waals surface area contributed by atoms with Gasteiger partial charge in [0.1, 0.15) is 90.3 Å². The molecule has 11 aromatic heterocycles. The summed E-state index contributed by atoms with van der Waals surface area (Å²) in [6.07, 6.45) is 15.3. The number of aromatic nitrogens is 17. The number of ether oxygens (including phenoxy) is 3. The van der Waals surface area contributed by atoms with Gasteiger partial charge in [-0.05, 0) is 218 Å². The van der Waals surface area contributed by atoms with Crippen molar-refractivity contribution in [2.45, 2.75) is 24.9 Å². The first kappa shape index (κ1) is 101. The number of anilines is 11. The number of para-hydroxylation sites is 3. The van der Waals surface area contributed by atoms with Crippen LogP contribution in [0, 0.1) is 65.0 Å². The lowest BCUT2D eigenvalue weighted by atomic mass is 10.2. The van der Waals surface area contributed by atoms with Gasteiger partial charge in [-0.1, -0.05) is 135 Å². The summed E-state index contributed by atoms with van der Waals surface area (Å²) in [5, 5.41) is 31.8. The molecule has 35 nitrogen and oxygen atoms in total.